The Morgan fingerprint density at radius 2 is 1.57 bits per heavy atom. The van der Waals surface area contributed by atoms with E-state index in [1.54, 1.807) is 0 Å². The van der Waals surface area contributed by atoms with Crippen molar-refractivity contribution in [3.63, 3.8) is 0 Å². The van der Waals surface area contributed by atoms with Crippen LogP contribution in [0.4, 0.5) is 0 Å². The SMILES string of the molecule is CC1(C)CC(C)(C)CC2(CNCC2C(=O)OC(C)(C)C)C1. The van der Waals surface area contributed by atoms with Crippen LogP contribution in [-0.4, -0.2) is 24.7 Å². The predicted molar refractivity (Wildman–Crippen MR) is 86.1 cm³/mol. The van der Waals surface area contributed by atoms with Crippen LogP contribution >= 0.6 is 0 Å². The minimum absolute atomic E-state index is 0.00410. The molecule has 0 aromatic heterocycles. The molecule has 2 aliphatic rings. The van der Waals surface area contributed by atoms with Gasteiger partial charge in [0.2, 0.25) is 0 Å². The standard InChI is InChI=1S/C18H33NO2/c1-15(2,3)21-14(20)13-8-19-12-18(13)10-16(4,5)9-17(6,7)11-18/h13,19H,8-12H2,1-7H3. The molecule has 0 radical (unpaired) electrons. The highest BCUT2D eigenvalue weighted by atomic mass is 16.6. The highest BCUT2D eigenvalue weighted by Gasteiger charge is 2.55. The molecule has 3 heteroatoms. The number of carbonyl (C=O) groups excluding carboxylic acids is 1. The quantitative estimate of drug-likeness (QED) is 0.748. The molecule has 1 saturated heterocycles. The Kier molecular flexibility index (Phi) is 3.98. The molecule has 0 aromatic carbocycles. The second-order valence-electron chi connectivity index (χ2n) is 9.94. The van der Waals surface area contributed by atoms with Crippen molar-refractivity contribution in [1.82, 2.24) is 5.32 Å². The van der Waals surface area contributed by atoms with Crippen LogP contribution in [0, 0.1) is 22.2 Å². The molecule has 0 aromatic rings. The van der Waals surface area contributed by atoms with Crippen molar-refractivity contribution in [3.05, 3.63) is 0 Å². The van der Waals surface area contributed by atoms with Gasteiger partial charge in [-0.2, -0.15) is 0 Å². The third-order valence-electron chi connectivity index (χ3n) is 4.87. The van der Waals surface area contributed by atoms with E-state index < -0.39 is 5.60 Å². The highest BCUT2D eigenvalue weighted by molar-refractivity contribution is 5.75. The first-order valence-electron chi connectivity index (χ1n) is 8.28. The van der Waals surface area contributed by atoms with E-state index in [1.807, 2.05) is 20.8 Å². The van der Waals surface area contributed by atoms with Gasteiger partial charge >= 0.3 is 5.97 Å². The van der Waals surface area contributed by atoms with Gasteiger partial charge in [-0.1, -0.05) is 27.7 Å². The van der Waals surface area contributed by atoms with Gasteiger partial charge in [0.25, 0.3) is 0 Å². The fourth-order valence-corrected chi connectivity index (χ4v) is 5.27. The third kappa shape index (κ3) is 3.80. The number of hydrogen-bond donors (Lipinski definition) is 1. The lowest BCUT2D eigenvalue weighted by molar-refractivity contribution is -0.166. The first-order chi connectivity index (χ1) is 9.34. The molecule has 1 aliphatic carbocycles. The normalized spacial score (nSPS) is 30.3. The molecule has 2 fully saturated rings. The first-order valence-corrected chi connectivity index (χ1v) is 8.28. The number of ether oxygens (including phenoxy) is 1. The van der Waals surface area contributed by atoms with E-state index in [2.05, 4.69) is 33.0 Å². The summed E-state index contributed by atoms with van der Waals surface area (Å²) in [5, 5.41) is 3.47. The smallest absolute Gasteiger partial charge is 0.311 e. The van der Waals surface area contributed by atoms with Crippen LogP contribution in [0.2, 0.25) is 0 Å². The molecule has 3 nitrogen and oxygen atoms in total. The lowest BCUT2D eigenvalue weighted by Gasteiger charge is -2.52. The average Bonchev–Trinajstić information content (AvgIpc) is 2.52. The topological polar surface area (TPSA) is 38.3 Å². The van der Waals surface area contributed by atoms with E-state index in [0.717, 1.165) is 25.9 Å². The molecule has 2 rings (SSSR count). The zero-order valence-corrected chi connectivity index (χ0v) is 14.9. The van der Waals surface area contributed by atoms with Crippen molar-refractivity contribution in [1.29, 1.82) is 0 Å². The maximum atomic E-state index is 12.7. The maximum absolute atomic E-state index is 12.7. The predicted octanol–water partition coefficient (Wildman–Crippen LogP) is 3.77. The van der Waals surface area contributed by atoms with Crippen molar-refractivity contribution in [2.24, 2.45) is 22.2 Å². The molecule has 1 unspecified atom stereocenters. The molecule has 1 saturated carbocycles. The average molecular weight is 295 g/mol. The van der Waals surface area contributed by atoms with Gasteiger partial charge in [-0.3, -0.25) is 4.79 Å². The van der Waals surface area contributed by atoms with E-state index in [-0.39, 0.29) is 28.1 Å². The molecule has 1 spiro atoms. The molecule has 21 heavy (non-hydrogen) atoms. The van der Waals surface area contributed by atoms with Crippen LogP contribution in [-0.2, 0) is 9.53 Å². The third-order valence-corrected chi connectivity index (χ3v) is 4.87. The van der Waals surface area contributed by atoms with E-state index in [1.165, 1.54) is 6.42 Å². The number of nitrogens with one attached hydrogen (secondary N) is 1. The van der Waals surface area contributed by atoms with Gasteiger partial charge in [0, 0.05) is 13.1 Å². The molecule has 0 bridgehead atoms. The van der Waals surface area contributed by atoms with Gasteiger partial charge in [0.15, 0.2) is 0 Å². The summed E-state index contributed by atoms with van der Waals surface area (Å²) in [5.74, 6) is -0.0171. The minimum Gasteiger partial charge on any atom is -0.460 e. The highest BCUT2D eigenvalue weighted by Crippen LogP contribution is 2.58. The van der Waals surface area contributed by atoms with Crippen LogP contribution < -0.4 is 5.32 Å². The van der Waals surface area contributed by atoms with Crippen molar-refractivity contribution in [2.75, 3.05) is 13.1 Å². The molecule has 1 atom stereocenters. The lowest BCUT2D eigenvalue weighted by Crippen LogP contribution is -2.48. The minimum atomic E-state index is -0.402. The van der Waals surface area contributed by atoms with Gasteiger partial charge in [0.1, 0.15) is 5.60 Å². The summed E-state index contributed by atoms with van der Waals surface area (Å²) in [5.41, 5.74) is 0.232. The Balaban J connectivity index is 2.25. The maximum Gasteiger partial charge on any atom is 0.311 e. The second-order valence-corrected chi connectivity index (χ2v) is 9.94. The summed E-state index contributed by atoms with van der Waals surface area (Å²) in [7, 11) is 0. The molecular formula is C18H33NO2. The van der Waals surface area contributed by atoms with Gasteiger partial charge < -0.3 is 10.1 Å². The van der Waals surface area contributed by atoms with E-state index >= 15 is 0 Å². The van der Waals surface area contributed by atoms with Crippen molar-refractivity contribution in [3.8, 4) is 0 Å². The fraction of sp³-hybridized carbons (Fsp3) is 0.944. The van der Waals surface area contributed by atoms with E-state index in [9.17, 15) is 4.79 Å². The summed E-state index contributed by atoms with van der Waals surface area (Å²) in [6, 6.07) is 0. The Hall–Kier alpha value is -0.570. The number of carbonyl (C=O) groups is 1. The van der Waals surface area contributed by atoms with Crippen LogP contribution in [0.15, 0.2) is 0 Å². The van der Waals surface area contributed by atoms with Crippen molar-refractivity contribution < 1.29 is 9.53 Å². The Labute approximate surface area is 130 Å². The van der Waals surface area contributed by atoms with Crippen molar-refractivity contribution >= 4 is 5.97 Å². The van der Waals surface area contributed by atoms with Gasteiger partial charge in [-0.05, 0) is 56.3 Å². The van der Waals surface area contributed by atoms with Crippen LogP contribution in [0.5, 0.6) is 0 Å². The molecule has 1 heterocycles. The van der Waals surface area contributed by atoms with Crippen LogP contribution in [0.1, 0.15) is 67.7 Å². The molecule has 1 N–H and O–H groups in total. The second kappa shape index (κ2) is 4.97. The van der Waals surface area contributed by atoms with Crippen molar-refractivity contribution in [2.45, 2.75) is 73.3 Å². The van der Waals surface area contributed by atoms with Gasteiger partial charge in [-0.15, -0.1) is 0 Å². The number of hydrogen-bond acceptors (Lipinski definition) is 3. The molecular weight excluding hydrogens is 262 g/mol. The summed E-state index contributed by atoms with van der Waals surface area (Å²) < 4.78 is 5.71. The largest absolute Gasteiger partial charge is 0.460 e. The Morgan fingerprint density at radius 3 is 2.05 bits per heavy atom. The zero-order chi connectivity index (χ0) is 16.1. The monoisotopic (exact) mass is 295 g/mol. The summed E-state index contributed by atoms with van der Waals surface area (Å²) in [6.45, 7) is 17.0. The fourth-order valence-electron chi connectivity index (χ4n) is 5.27. The number of rotatable bonds is 1. The van der Waals surface area contributed by atoms with Gasteiger partial charge in [-0.25, -0.2) is 0 Å². The molecule has 0 amide bonds. The van der Waals surface area contributed by atoms with Crippen LogP contribution in [0.25, 0.3) is 0 Å². The zero-order valence-electron chi connectivity index (χ0n) is 14.9. The first kappa shape index (κ1) is 16.8. The van der Waals surface area contributed by atoms with Crippen LogP contribution in [0.3, 0.4) is 0 Å². The lowest BCUT2D eigenvalue weighted by atomic mass is 9.52. The van der Waals surface area contributed by atoms with Gasteiger partial charge in [0.05, 0.1) is 5.92 Å². The molecule has 1 aliphatic heterocycles. The number of esters is 1. The Bertz CT molecular complexity index is 401. The summed E-state index contributed by atoms with van der Waals surface area (Å²) >= 11 is 0. The van der Waals surface area contributed by atoms with E-state index in [0.29, 0.717) is 0 Å². The summed E-state index contributed by atoms with van der Waals surface area (Å²) in [4.78, 5) is 12.7. The Morgan fingerprint density at radius 1 is 1.05 bits per heavy atom. The molecule has 122 valence electrons. The summed E-state index contributed by atoms with van der Waals surface area (Å²) in [6.07, 6.45) is 3.45. The van der Waals surface area contributed by atoms with E-state index in [4.69, 9.17) is 4.74 Å².